The highest BCUT2D eigenvalue weighted by molar-refractivity contribution is 6.35. The van der Waals surface area contributed by atoms with Crippen molar-refractivity contribution in [3.8, 4) is 11.3 Å². The highest BCUT2D eigenvalue weighted by atomic mass is 35.5. The summed E-state index contributed by atoms with van der Waals surface area (Å²) in [7, 11) is 3.80. The number of pyridine rings is 1. The summed E-state index contributed by atoms with van der Waals surface area (Å²) in [6.07, 6.45) is -0.308. The summed E-state index contributed by atoms with van der Waals surface area (Å²) < 4.78 is 7.35. The maximum atomic E-state index is 12.2. The van der Waals surface area contributed by atoms with Crippen LogP contribution in [0.1, 0.15) is 51.9 Å². The van der Waals surface area contributed by atoms with Crippen molar-refractivity contribution < 1.29 is 9.53 Å². The molecule has 2 heterocycles. The van der Waals surface area contributed by atoms with E-state index in [0.717, 1.165) is 46.6 Å². The SMILES string of the molecule is Cc1nn(C(C)C)c2nc(-c3cccc(CN(C)CCN(C)C(=O)OC(C)(C)C)c3)cc(Cl)c12. The molecule has 0 N–H and O–H groups in total. The van der Waals surface area contributed by atoms with E-state index in [9.17, 15) is 4.79 Å². The van der Waals surface area contributed by atoms with Crippen LogP contribution in [0.15, 0.2) is 30.3 Å². The topological polar surface area (TPSA) is 63.5 Å². The van der Waals surface area contributed by atoms with Crippen LogP contribution in [0.5, 0.6) is 0 Å². The summed E-state index contributed by atoms with van der Waals surface area (Å²) in [5, 5.41) is 6.21. The number of carbonyl (C=O) groups excluding carboxylic acids is 1. The van der Waals surface area contributed by atoms with Crippen LogP contribution in [0.25, 0.3) is 22.3 Å². The number of aryl methyl sites for hydroxylation is 1. The first-order valence-electron chi connectivity index (χ1n) is 11.6. The average molecular weight is 486 g/mol. The highest BCUT2D eigenvalue weighted by Crippen LogP contribution is 2.31. The lowest BCUT2D eigenvalue weighted by Gasteiger charge is -2.26. The number of hydrogen-bond acceptors (Lipinski definition) is 5. The van der Waals surface area contributed by atoms with Crippen LogP contribution in [-0.4, -0.2) is 63.4 Å². The Morgan fingerprint density at radius 1 is 1.18 bits per heavy atom. The molecule has 184 valence electrons. The number of likely N-dealkylation sites (N-methyl/N-ethyl adjacent to an activating group) is 2. The predicted molar refractivity (Wildman–Crippen MR) is 138 cm³/mol. The molecule has 1 aromatic carbocycles. The number of benzene rings is 1. The first-order chi connectivity index (χ1) is 15.9. The van der Waals surface area contributed by atoms with Crippen LogP contribution in [0.2, 0.25) is 5.02 Å². The Balaban J connectivity index is 1.73. The number of aromatic nitrogens is 3. The van der Waals surface area contributed by atoms with Crippen molar-refractivity contribution in [1.29, 1.82) is 0 Å². The molecule has 1 amide bonds. The summed E-state index contributed by atoms with van der Waals surface area (Å²) in [6, 6.07) is 10.4. The molecule has 0 atom stereocenters. The molecular formula is C26H36ClN5O2. The summed E-state index contributed by atoms with van der Waals surface area (Å²) in [5.74, 6) is 0. The monoisotopic (exact) mass is 485 g/mol. The van der Waals surface area contributed by atoms with E-state index in [1.807, 2.05) is 57.6 Å². The fourth-order valence-corrected chi connectivity index (χ4v) is 4.06. The summed E-state index contributed by atoms with van der Waals surface area (Å²) >= 11 is 6.65. The number of hydrogen-bond donors (Lipinski definition) is 0. The Labute approximate surface area is 207 Å². The number of fused-ring (bicyclic) bond motifs is 1. The lowest BCUT2D eigenvalue weighted by molar-refractivity contribution is 0.0286. The van der Waals surface area contributed by atoms with Gasteiger partial charge in [0.2, 0.25) is 0 Å². The van der Waals surface area contributed by atoms with Gasteiger partial charge in [-0.1, -0.05) is 29.8 Å². The molecule has 2 aromatic heterocycles. The first kappa shape index (κ1) is 26.0. The molecule has 0 radical (unpaired) electrons. The van der Waals surface area contributed by atoms with Gasteiger partial charge in [0.1, 0.15) is 5.60 Å². The predicted octanol–water partition coefficient (Wildman–Crippen LogP) is 5.94. The number of ether oxygens (including phenoxy) is 1. The molecule has 34 heavy (non-hydrogen) atoms. The van der Waals surface area contributed by atoms with E-state index in [1.54, 1.807) is 11.9 Å². The van der Waals surface area contributed by atoms with Gasteiger partial charge in [0.15, 0.2) is 5.65 Å². The van der Waals surface area contributed by atoms with Gasteiger partial charge in [0, 0.05) is 38.3 Å². The second kappa shape index (κ2) is 10.3. The molecule has 0 saturated heterocycles. The quantitative estimate of drug-likeness (QED) is 0.414. The van der Waals surface area contributed by atoms with E-state index in [0.29, 0.717) is 11.6 Å². The van der Waals surface area contributed by atoms with E-state index in [4.69, 9.17) is 21.3 Å². The van der Waals surface area contributed by atoms with E-state index in [2.05, 4.69) is 36.0 Å². The molecule has 0 fully saturated rings. The Morgan fingerprint density at radius 3 is 2.53 bits per heavy atom. The molecule has 0 unspecified atom stereocenters. The Hall–Kier alpha value is -2.64. The molecule has 0 aliphatic rings. The molecule has 8 heteroatoms. The minimum Gasteiger partial charge on any atom is -0.444 e. The summed E-state index contributed by atoms with van der Waals surface area (Å²) in [4.78, 5) is 20.9. The Morgan fingerprint density at radius 2 is 1.88 bits per heavy atom. The molecule has 0 aliphatic carbocycles. The second-order valence-corrected chi connectivity index (χ2v) is 10.6. The van der Waals surface area contributed by atoms with Gasteiger partial charge in [0.05, 0.1) is 21.8 Å². The molecule has 3 rings (SSSR count). The normalized spacial score (nSPS) is 12.1. The molecule has 7 nitrogen and oxygen atoms in total. The van der Waals surface area contributed by atoms with Crippen molar-refractivity contribution in [2.24, 2.45) is 0 Å². The van der Waals surface area contributed by atoms with Crippen molar-refractivity contribution in [2.75, 3.05) is 27.2 Å². The third-order valence-electron chi connectivity index (χ3n) is 5.48. The number of rotatable bonds is 7. The summed E-state index contributed by atoms with van der Waals surface area (Å²) in [6.45, 7) is 13.8. The zero-order valence-corrected chi connectivity index (χ0v) is 22.3. The second-order valence-electron chi connectivity index (χ2n) is 10.2. The average Bonchev–Trinajstić information content (AvgIpc) is 3.08. The molecule has 0 aliphatic heterocycles. The van der Waals surface area contributed by atoms with Gasteiger partial charge < -0.3 is 14.5 Å². The van der Waals surface area contributed by atoms with Crippen LogP contribution in [-0.2, 0) is 11.3 Å². The number of carbonyl (C=O) groups is 1. The largest absolute Gasteiger partial charge is 0.444 e. The van der Waals surface area contributed by atoms with Crippen molar-refractivity contribution in [3.63, 3.8) is 0 Å². The van der Waals surface area contributed by atoms with Gasteiger partial charge in [-0.3, -0.25) is 0 Å². The Bertz CT molecular complexity index is 1170. The van der Waals surface area contributed by atoms with Crippen LogP contribution in [0.3, 0.4) is 0 Å². The first-order valence-corrected chi connectivity index (χ1v) is 12.0. The smallest absolute Gasteiger partial charge is 0.410 e. The molecule has 0 spiro atoms. The zero-order chi connectivity index (χ0) is 25.2. The lowest BCUT2D eigenvalue weighted by Crippen LogP contribution is -2.38. The van der Waals surface area contributed by atoms with Crippen molar-refractivity contribution >= 4 is 28.7 Å². The van der Waals surface area contributed by atoms with E-state index in [-0.39, 0.29) is 12.1 Å². The third kappa shape index (κ3) is 6.27. The molecule has 0 saturated carbocycles. The van der Waals surface area contributed by atoms with E-state index in [1.165, 1.54) is 0 Å². The van der Waals surface area contributed by atoms with Crippen LogP contribution in [0, 0.1) is 6.92 Å². The maximum absolute atomic E-state index is 12.2. The van der Waals surface area contributed by atoms with Gasteiger partial charge >= 0.3 is 6.09 Å². The highest BCUT2D eigenvalue weighted by Gasteiger charge is 2.20. The van der Waals surface area contributed by atoms with Gasteiger partial charge in [-0.15, -0.1) is 0 Å². The Kier molecular flexibility index (Phi) is 7.88. The number of amides is 1. The minimum absolute atomic E-state index is 0.189. The van der Waals surface area contributed by atoms with E-state index >= 15 is 0 Å². The van der Waals surface area contributed by atoms with Gasteiger partial charge in [-0.2, -0.15) is 5.10 Å². The minimum atomic E-state index is -0.497. The van der Waals surface area contributed by atoms with Crippen LogP contribution < -0.4 is 0 Å². The lowest BCUT2D eigenvalue weighted by atomic mass is 10.1. The van der Waals surface area contributed by atoms with Crippen LogP contribution >= 0.6 is 11.6 Å². The van der Waals surface area contributed by atoms with E-state index < -0.39 is 5.60 Å². The summed E-state index contributed by atoms with van der Waals surface area (Å²) in [5.41, 5.74) is 4.19. The van der Waals surface area contributed by atoms with Gasteiger partial charge in [-0.05, 0) is 66.3 Å². The van der Waals surface area contributed by atoms with Crippen molar-refractivity contribution in [1.82, 2.24) is 24.6 Å². The fourth-order valence-electron chi connectivity index (χ4n) is 3.74. The van der Waals surface area contributed by atoms with Gasteiger partial charge in [-0.25, -0.2) is 14.5 Å². The van der Waals surface area contributed by atoms with Crippen molar-refractivity contribution in [3.05, 3.63) is 46.6 Å². The van der Waals surface area contributed by atoms with Crippen molar-refractivity contribution in [2.45, 2.75) is 59.7 Å². The molecule has 3 aromatic rings. The standard InChI is InChI=1S/C26H36ClN5O2/c1-17(2)32-24-23(18(3)29-32)21(27)15-22(28-24)20-11-9-10-19(14-20)16-30(7)12-13-31(8)25(33)34-26(4,5)6/h9-11,14-15,17H,12-13,16H2,1-8H3. The van der Waals surface area contributed by atoms with Gasteiger partial charge in [0.25, 0.3) is 0 Å². The van der Waals surface area contributed by atoms with Crippen LogP contribution in [0.4, 0.5) is 4.79 Å². The fraction of sp³-hybridized carbons (Fsp3) is 0.500. The zero-order valence-electron chi connectivity index (χ0n) is 21.5. The molecule has 0 bridgehead atoms. The molecular weight excluding hydrogens is 450 g/mol. The third-order valence-corrected chi connectivity index (χ3v) is 5.77. The number of nitrogens with zero attached hydrogens (tertiary/aromatic N) is 5. The maximum Gasteiger partial charge on any atom is 0.410 e. The number of halogens is 1.